The Balaban J connectivity index is 3.35. The van der Waals surface area contributed by atoms with Gasteiger partial charge >= 0.3 is 0 Å². The van der Waals surface area contributed by atoms with E-state index in [9.17, 15) is 4.79 Å². The molecule has 1 heterocycles. The fourth-order valence-corrected chi connectivity index (χ4v) is 1.30. The lowest BCUT2D eigenvalue weighted by Crippen LogP contribution is -2.19. The molecule has 0 aromatic carbocycles. The maximum atomic E-state index is 11.2. The van der Waals surface area contributed by atoms with Gasteiger partial charge in [0.2, 0.25) is 0 Å². The molecule has 0 bridgehead atoms. The van der Waals surface area contributed by atoms with Crippen LogP contribution in [0.4, 0.5) is 5.82 Å². The van der Waals surface area contributed by atoms with Crippen molar-refractivity contribution in [2.75, 3.05) is 12.4 Å². The minimum absolute atomic E-state index is 0.0246. The first-order valence-corrected chi connectivity index (χ1v) is 4.07. The van der Waals surface area contributed by atoms with Gasteiger partial charge in [-0.15, -0.1) is 0 Å². The maximum Gasteiger partial charge on any atom is 0.251 e. The molecule has 0 aliphatic rings. The average molecular weight is 166 g/mol. The Morgan fingerprint density at radius 3 is 2.67 bits per heavy atom. The Kier molecular flexibility index (Phi) is 2.53. The van der Waals surface area contributed by atoms with Gasteiger partial charge < -0.3 is 5.32 Å². The number of nitrogens with zero attached hydrogens (tertiary/aromatic N) is 1. The van der Waals surface area contributed by atoms with Crippen molar-refractivity contribution in [3.63, 3.8) is 0 Å². The highest BCUT2D eigenvalue weighted by Crippen LogP contribution is 2.10. The van der Waals surface area contributed by atoms with Gasteiger partial charge in [-0.1, -0.05) is 6.92 Å². The van der Waals surface area contributed by atoms with Gasteiger partial charge in [0.1, 0.15) is 5.82 Å². The molecular formula is C9H14N2O. The van der Waals surface area contributed by atoms with E-state index in [1.807, 2.05) is 13.1 Å². The summed E-state index contributed by atoms with van der Waals surface area (Å²) in [6.45, 7) is 2.07. The molecule has 0 aliphatic heterocycles. The van der Waals surface area contributed by atoms with Crippen LogP contribution in [0.2, 0.25) is 0 Å². The molecule has 0 unspecified atom stereocenters. The monoisotopic (exact) mass is 166 g/mol. The van der Waals surface area contributed by atoms with E-state index >= 15 is 0 Å². The molecule has 66 valence electrons. The Morgan fingerprint density at radius 2 is 2.17 bits per heavy atom. The van der Waals surface area contributed by atoms with Crippen molar-refractivity contribution < 1.29 is 0 Å². The summed E-state index contributed by atoms with van der Waals surface area (Å²) in [7, 11) is 3.60. The lowest BCUT2D eigenvalue weighted by atomic mass is 10.2. The molecule has 0 saturated carbocycles. The molecule has 0 atom stereocenters. The average Bonchev–Trinajstić information content (AvgIpc) is 2.09. The molecule has 0 amide bonds. The van der Waals surface area contributed by atoms with Crippen LogP contribution in [0.1, 0.15) is 12.5 Å². The Morgan fingerprint density at radius 1 is 1.50 bits per heavy atom. The molecule has 0 saturated heterocycles. The molecule has 0 fully saturated rings. The summed E-state index contributed by atoms with van der Waals surface area (Å²) in [5.74, 6) is 0.907. The van der Waals surface area contributed by atoms with Crippen LogP contribution < -0.4 is 10.9 Å². The van der Waals surface area contributed by atoms with Crippen molar-refractivity contribution in [3.8, 4) is 0 Å². The quantitative estimate of drug-likeness (QED) is 0.711. The summed E-state index contributed by atoms with van der Waals surface area (Å²) >= 11 is 0. The zero-order valence-electron chi connectivity index (χ0n) is 7.72. The van der Waals surface area contributed by atoms with E-state index < -0.39 is 0 Å². The van der Waals surface area contributed by atoms with Crippen molar-refractivity contribution in [2.45, 2.75) is 13.3 Å². The van der Waals surface area contributed by atoms with Gasteiger partial charge in [-0.3, -0.25) is 9.36 Å². The van der Waals surface area contributed by atoms with Crippen molar-refractivity contribution in [2.24, 2.45) is 7.05 Å². The summed E-state index contributed by atoms with van der Waals surface area (Å²) in [6.07, 6.45) is 0.935. The minimum Gasteiger partial charge on any atom is -0.374 e. The summed E-state index contributed by atoms with van der Waals surface area (Å²) in [4.78, 5) is 11.2. The van der Waals surface area contributed by atoms with Crippen LogP contribution in [-0.2, 0) is 13.5 Å². The van der Waals surface area contributed by atoms with Gasteiger partial charge in [0.15, 0.2) is 0 Å². The smallest absolute Gasteiger partial charge is 0.251 e. The van der Waals surface area contributed by atoms with E-state index in [4.69, 9.17) is 0 Å². The highest BCUT2D eigenvalue weighted by molar-refractivity contribution is 5.44. The first kappa shape index (κ1) is 8.84. The Bertz CT molecular complexity index is 328. The fraction of sp³-hybridized carbons (Fsp3) is 0.444. The lowest BCUT2D eigenvalue weighted by molar-refractivity contribution is 0.850. The van der Waals surface area contributed by atoms with E-state index in [0.29, 0.717) is 0 Å². The minimum atomic E-state index is 0.0246. The highest BCUT2D eigenvalue weighted by atomic mass is 16.1. The van der Waals surface area contributed by atoms with E-state index in [-0.39, 0.29) is 5.56 Å². The van der Waals surface area contributed by atoms with Gasteiger partial charge in [0, 0.05) is 20.2 Å². The van der Waals surface area contributed by atoms with Crippen LogP contribution >= 0.6 is 0 Å². The van der Waals surface area contributed by atoms with Crippen LogP contribution in [0.3, 0.4) is 0 Å². The van der Waals surface area contributed by atoms with Crippen LogP contribution in [0, 0.1) is 0 Å². The van der Waals surface area contributed by atoms with Crippen molar-refractivity contribution in [3.05, 3.63) is 28.0 Å². The van der Waals surface area contributed by atoms with Crippen molar-refractivity contribution >= 4 is 5.82 Å². The molecule has 0 radical (unpaired) electrons. The molecule has 1 rings (SSSR count). The molecule has 0 spiro atoms. The third-order valence-corrected chi connectivity index (χ3v) is 2.01. The van der Waals surface area contributed by atoms with Gasteiger partial charge in [-0.2, -0.15) is 0 Å². The summed E-state index contributed by atoms with van der Waals surface area (Å²) < 4.78 is 1.62. The number of hydrogen-bond donors (Lipinski definition) is 1. The second-order valence-electron chi connectivity index (χ2n) is 2.71. The number of anilines is 1. The van der Waals surface area contributed by atoms with Crippen LogP contribution in [0.25, 0.3) is 0 Å². The van der Waals surface area contributed by atoms with Gasteiger partial charge in [-0.05, 0) is 18.1 Å². The first-order valence-electron chi connectivity index (χ1n) is 4.07. The number of hydrogen-bond acceptors (Lipinski definition) is 2. The van der Waals surface area contributed by atoms with Crippen LogP contribution in [-0.4, -0.2) is 11.6 Å². The van der Waals surface area contributed by atoms with Gasteiger partial charge in [0.05, 0.1) is 0 Å². The topological polar surface area (TPSA) is 34.0 Å². The zero-order chi connectivity index (χ0) is 9.14. The van der Waals surface area contributed by atoms with E-state index in [2.05, 4.69) is 12.2 Å². The number of aryl methyl sites for hydroxylation is 1. The fourth-order valence-electron chi connectivity index (χ4n) is 1.30. The van der Waals surface area contributed by atoms with E-state index in [1.54, 1.807) is 17.7 Å². The summed E-state index contributed by atoms with van der Waals surface area (Å²) in [5, 5.41) is 3.02. The number of rotatable bonds is 2. The second kappa shape index (κ2) is 3.43. The van der Waals surface area contributed by atoms with E-state index in [0.717, 1.165) is 12.2 Å². The predicted octanol–water partition coefficient (Wildman–Crippen LogP) is 0.989. The molecule has 1 aromatic rings. The van der Waals surface area contributed by atoms with Crippen molar-refractivity contribution in [1.82, 2.24) is 4.57 Å². The number of aromatic nitrogens is 1. The Labute approximate surface area is 72.0 Å². The summed E-state index contributed by atoms with van der Waals surface area (Å²) in [5.41, 5.74) is 1.19. The molecule has 0 aliphatic carbocycles. The first-order chi connectivity index (χ1) is 5.70. The number of pyridine rings is 1. The van der Waals surface area contributed by atoms with E-state index in [1.165, 1.54) is 5.56 Å². The second-order valence-corrected chi connectivity index (χ2v) is 2.71. The highest BCUT2D eigenvalue weighted by Gasteiger charge is 2.02. The standard InChI is InChI=1S/C9H14N2O/c1-4-7-5-6-8(12)11(3)9(7)10-2/h5-6,10H,4H2,1-3H3. The maximum absolute atomic E-state index is 11.2. The lowest BCUT2D eigenvalue weighted by Gasteiger charge is -2.11. The van der Waals surface area contributed by atoms with Crippen LogP contribution in [0.5, 0.6) is 0 Å². The molecule has 3 heteroatoms. The zero-order valence-corrected chi connectivity index (χ0v) is 7.72. The number of nitrogens with one attached hydrogen (secondary N) is 1. The van der Waals surface area contributed by atoms with Gasteiger partial charge in [-0.25, -0.2) is 0 Å². The molecule has 12 heavy (non-hydrogen) atoms. The molecule has 1 N–H and O–H groups in total. The van der Waals surface area contributed by atoms with Crippen LogP contribution in [0.15, 0.2) is 16.9 Å². The molecular weight excluding hydrogens is 152 g/mol. The largest absolute Gasteiger partial charge is 0.374 e. The van der Waals surface area contributed by atoms with Crippen molar-refractivity contribution in [1.29, 1.82) is 0 Å². The summed E-state index contributed by atoms with van der Waals surface area (Å²) in [6, 6.07) is 3.47. The SMILES string of the molecule is CCc1ccc(=O)n(C)c1NC. The third-order valence-electron chi connectivity index (χ3n) is 2.01. The normalized spacial score (nSPS) is 9.92. The Hall–Kier alpha value is -1.25. The third kappa shape index (κ3) is 1.35. The predicted molar refractivity (Wildman–Crippen MR) is 50.6 cm³/mol. The van der Waals surface area contributed by atoms with Gasteiger partial charge in [0.25, 0.3) is 5.56 Å². The molecule has 3 nitrogen and oxygen atoms in total. The molecule has 1 aromatic heterocycles.